The van der Waals surface area contributed by atoms with Gasteiger partial charge in [-0.05, 0) is 51.7 Å². The molecule has 0 bridgehead atoms. The van der Waals surface area contributed by atoms with E-state index in [1.807, 2.05) is 0 Å². The summed E-state index contributed by atoms with van der Waals surface area (Å²) in [5.74, 6) is -1.12. The van der Waals surface area contributed by atoms with Crippen LogP contribution in [0, 0.1) is 0 Å². The SMILES string of the molecule is O=C1C=c2cc3c(O)cc4c(c3cc2=CC1)C(=O)C(=O)C=C4. The summed E-state index contributed by atoms with van der Waals surface area (Å²) in [6.07, 6.45) is 6.38. The highest BCUT2D eigenvalue weighted by Crippen LogP contribution is 2.32. The largest absolute Gasteiger partial charge is 0.507 e. The number of phenolic OH excluding ortho intramolecular Hbond substituents is 1. The van der Waals surface area contributed by atoms with Crippen molar-refractivity contribution in [2.75, 3.05) is 0 Å². The maximum atomic E-state index is 12.2. The second kappa shape index (κ2) is 4.24. The Morgan fingerprint density at radius 1 is 0.909 bits per heavy atom. The van der Waals surface area contributed by atoms with Gasteiger partial charge in [0, 0.05) is 17.4 Å². The smallest absolute Gasteiger partial charge is 0.234 e. The molecule has 0 unspecified atom stereocenters. The minimum atomic E-state index is -0.571. The number of carbonyl (C=O) groups excluding carboxylic acids is 3. The van der Waals surface area contributed by atoms with E-state index in [0.29, 0.717) is 33.5 Å². The van der Waals surface area contributed by atoms with E-state index in [1.165, 1.54) is 24.3 Å². The van der Waals surface area contributed by atoms with Crippen LogP contribution in [0.4, 0.5) is 0 Å². The molecular formula is C18H10O4. The molecule has 0 radical (unpaired) electrons. The first-order valence-electron chi connectivity index (χ1n) is 6.86. The van der Waals surface area contributed by atoms with Crippen molar-refractivity contribution in [2.24, 2.45) is 0 Å². The number of ketones is 3. The van der Waals surface area contributed by atoms with Crippen LogP contribution in [0.25, 0.3) is 29.0 Å². The molecule has 4 nitrogen and oxygen atoms in total. The first-order chi connectivity index (χ1) is 10.5. The number of rotatable bonds is 0. The second-order valence-electron chi connectivity index (χ2n) is 5.43. The normalized spacial score (nSPS) is 16.1. The summed E-state index contributed by atoms with van der Waals surface area (Å²) in [7, 11) is 0. The Bertz CT molecular complexity index is 1050. The number of hydrogen-bond acceptors (Lipinski definition) is 4. The molecule has 0 atom stereocenters. The number of carbonyl (C=O) groups is 3. The first kappa shape index (κ1) is 12.7. The zero-order valence-corrected chi connectivity index (χ0v) is 11.4. The van der Waals surface area contributed by atoms with Gasteiger partial charge in [-0.1, -0.05) is 12.2 Å². The lowest BCUT2D eigenvalue weighted by molar-refractivity contribution is -0.112. The number of hydrogen-bond donors (Lipinski definition) is 1. The molecule has 4 heteroatoms. The molecule has 0 spiro atoms. The number of allylic oxidation sites excluding steroid dienone is 1. The predicted molar refractivity (Wildman–Crippen MR) is 81.8 cm³/mol. The van der Waals surface area contributed by atoms with Gasteiger partial charge in [-0.2, -0.15) is 0 Å². The fraction of sp³-hybridized carbons (Fsp3) is 0.0556. The van der Waals surface area contributed by atoms with Crippen molar-refractivity contribution in [1.82, 2.24) is 0 Å². The molecule has 0 saturated carbocycles. The average Bonchev–Trinajstić information content (AvgIpc) is 2.49. The van der Waals surface area contributed by atoms with Gasteiger partial charge in [0.1, 0.15) is 5.75 Å². The topological polar surface area (TPSA) is 71.4 Å². The lowest BCUT2D eigenvalue weighted by Gasteiger charge is -2.14. The van der Waals surface area contributed by atoms with E-state index in [0.717, 1.165) is 5.22 Å². The lowest BCUT2D eigenvalue weighted by atomic mass is 9.88. The second-order valence-corrected chi connectivity index (χ2v) is 5.43. The zero-order valence-electron chi connectivity index (χ0n) is 11.4. The van der Waals surface area contributed by atoms with Crippen molar-refractivity contribution >= 4 is 46.4 Å². The van der Waals surface area contributed by atoms with Crippen molar-refractivity contribution in [3.63, 3.8) is 0 Å². The average molecular weight is 290 g/mol. The molecule has 0 saturated heterocycles. The Labute approximate surface area is 124 Å². The summed E-state index contributed by atoms with van der Waals surface area (Å²) >= 11 is 0. The van der Waals surface area contributed by atoms with Crippen LogP contribution < -0.4 is 10.4 Å². The fourth-order valence-electron chi connectivity index (χ4n) is 3.00. The van der Waals surface area contributed by atoms with Gasteiger partial charge in [0.15, 0.2) is 5.78 Å². The van der Waals surface area contributed by atoms with Gasteiger partial charge >= 0.3 is 0 Å². The Balaban J connectivity index is 2.21. The third kappa shape index (κ3) is 1.67. The molecule has 1 N–H and O–H groups in total. The molecule has 2 aromatic rings. The van der Waals surface area contributed by atoms with Gasteiger partial charge in [0.05, 0.1) is 0 Å². The van der Waals surface area contributed by atoms with Crippen LogP contribution in [-0.2, 0) is 9.59 Å². The summed E-state index contributed by atoms with van der Waals surface area (Å²) in [6.45, 7) is 0. The molecule has 0 aliphatic heterocycles. The van der Waals surface area contributed by atoms with Crippen molar-refractivity contribution in [1.29, 1.82) is 0 Å². The van der Waals surface area contributed by atoms with Crippen LogP contribution in [0.15, 0.2) is 24.3 Å². The minimum Gasteiger partial charge on any atom is -0.507 e. The van der Waals surface area contributed by atoms with Gasteiger partial charge in [0.25, 0.3) is 0 Å². The molecule has 4 rings (SSSR count). The number of phenols is 1. The fourth-order valence-corrected chi connectivity index (χ4v) is 3.00. The van der Waals surface area contributed by atoms with E-state index in [1.54, 1.807) is 18.2 Å². The molecule has 106 valence electrons. The van der Waals surface area contributed by atoms with Crippen molar-refractivity contribution in [2.45, 2.75) is 6.42 Å². The van der Waals surface area contributed by atoms with Gasteiger partial charge in [-0.25, -0.2) is 0 Å². The predicted octanol–water partition coefficient (Wildman–Crippen LogP) is 0.858. The maximum Gasteiger partial charge on any atom is 0.234 e. The van der Waals surface area contributed by atoms with E-state index in [-0.39, 0.29) is 11.5 Å². The molecule has 22 heavy (non-hydrogen) atoms. The Hall–Kier alpha value is -3.01. The van der Waals surface area contributed by atoms with Crippen LogP contribution in [0.2, 0.25) is 0 Å². The number of aromatic hydroxyl groups is 1. The van der Waals surface area contributed by atoms with Gasteiger partial charge in [0.2, 0.25) is 11.6 Å². The minimum absolute atomic E-state index is 0.00140. The van der Waals surface area contributed by atoms with Crippen LogP contribution in [-0.4, -0.2) is 22.5 Å². The summed E-state index contributed by atoms with van der Waals surface area (Å²) in [5.41, 5.74) is 0.846. The van der Waals surface area contributed by atoms with E-state index in [2.05, 4.69) is 0 Å². The molecule has 2 aliphatic rings. The highest BCUT2D eigenvalue weighted by molar-refractivity contribution is 6.51. The number of Topliss-reactive ketones (excluding diaryl/α,β-unsaturated/α-hetero) is 2. The van der Waals surface area contributed by atoms with Crippen LogP contribution >= 0.6 is 0 Å². The standard InChI is InChI=1S/C18H10O4/c19-12-3-1-9-6-14-13(7-11(9)5-12)16(21)8-10-2-4-15(20)18(22)17(10)14/h1-2,4-8,21H,3H2. The van der Waals surface area contributed by atoms with E-state index >= 15 is 0 Å². The van der Waals surface area contributed by atoms with E-state index in [4.69, 9.17) is 0 Å². The molecule has 0 heterocycles. The molecular weight excluding hydrogens is 280 g/mol. The maximum absolute atomic E-state index is 12.2. The molecule has 2 aromatic carbocycles. The van der Waals surface area contributed by atoms with Gasteiger partial charge in [-0.15, -0.1) is 0 Å². The molecule has 0 aromatic heterocycles. The lowest BCUT2D eigenvalue weighted by Crippen LogP contribution is -2.29. The number of benzene rings is 2. The van der Waals surface area contributed by atoms with Crippen LogP contribution in [0.1, 0.15) is 22.3 Å². The third-order valence-corrected chi connectivity index (χ3v) is 4.05. The first-order valence-corrected chi connectivity index (χ1v) is 6.86. The monoisotopic (exact) mass is 290 g/mol. The summed E-state index contributed by atoms with van der Waals surface area (Å²) in [6, 6.07) is 4.92. The number of fused-ring (bicyclic) bond motifs is 4. The molecule has 0 fully saturated rings. The van der Waals surface area contributed by atoms with Gasteiger partial charge in [-0.3, -0.25) is 14.4 Å². The quantitative estimate of drug-likeness (QED) is 0.730. The summed E-state index contributed by atoms with van der Waals surface area (Å²) in [5, 5.41) is 12.8. The Kier molecular flexibility index (Phi) is 2.45. The highest BCUT2D eigenvalue weighted by atomic mass is 16.3. The van der Waals surface area contributed by atoms with E-state index < -0.39 is 11.6 Å². The molecule has 2 aliphatic carbocycles. The van der Waals surface area contributed by atoms with Crippen LogP contribution in [0.3, 0.4) is 0 Å². The third-order valence-electron chi connectivity index (χ3n) is 4.05. The Morgan fingerprint density at radius 2 is 1.68 bits per heavy atom. The van der Waals surface area contributed by atoms with Gasteiger partial charge < -0.3 is 5.11 Å². The van der Waals surface area contributed by atoms with Crippen molar-refractivity contribution in [3.05, 3.63) is 45.8 Å². The van der Waals surface area contributed by atoms with E-state index in [9.17, 15) is 19.5 Å². The van der Waals surface area contributed by atoms with Crippen molar-refractivity contribution in [3.8, 4) is 5.75 Å². The summed E-state index contributed by atoms with van der Waals surface area (Å²) < 4.78 is 0. The summed E-state index contributed by atoms with van der Waals surface area (Å²) in [4.78, 5) is 35.4. The van der Waals surface area contributed by atoms with Crippen molar-refractivity contribution < 1.29 is 19.5 Å². The molecule has 0 amide bonds. The zero-order chi connectivity index (χ0) is 15.4. The Morgan fingerprint density at radius 3 is 2.50 bits per heavy atom. The highest BCUT2D eigenvalue weighted by Gasteiger charge is 2.24. The van der Waals surface area contributed by atoms with Crippen LogP contribution in [0.5, 0.6) is 5.75 Å².